The van der Waals surface area contributed by atoms with Gasteiger partial charge in [0.15, 0.2) is 12.4 Å². The van der Waals surface area contributed by atoms with Crippen molar-refractivity contribution in [2.75, 3.05) is 24.7 Å². The fourth-order valence-corrected chi connectivity index (χ4v) is 2.71. The standard InChI is InChI=1S/C20H21NO4/c1-14-4-7-17(8-5-14)24-11-3-10-21-18-12-16(15(2)22)6-9-19(18)25-13-20(21)23/h4-9,12H,3,10-11,13H2,1-2H3. The molecule has 0 bridgehead atoms. The number of carbonyl (C=O) groups excluding carboxylic acids is 2. The Bertz CT molecular complexity index is 783. The molecule has 0 fully saturated rings. The largest absolute Gasteiger partial charge is 0.494 e. The van der Waals surface area contributed by atoms with E-state index in [9.17, 15) is 9.59 Å². The van der Waals surface area contributed by atoms with Gasteiger partial charge in [-0.15, -0.1) is 0 Å². The number of hydrogen-bond acceptors (Lipinski definition) is 4. The number of amides is 1. The Balaban J connectivity index is 1.64. The lowest BCUT2D eigenvalue weighted by Gasteiger charge is -2.29. The molecule has 130 valence electrons. The van der Waals surface area contributed by atoms with Gasteiger partial charge in [-0.25, -0.2) is 0 Å². The number of benzene rings is 2. The summed E-state index contributed by atoms with van der Waals surface area (Å²) in [5.41, 5.74) is 2.40. The van der Waals surface area contributed by atoms with Crippen LogP contribution in [0.15, 0.2) is 42.5 Å². The molecule has 2 aromatic carbocycles. The summed E-state index contributed by atoms with van der Waals surface area (Å²) in [7, 11) is 0. The zero-order valence-corrected chi connectivity index (χ0v) is 14.5. The molecule has 1 amide bonds. The lowest BCUT2D eigenvalue weighted by atomic mass is 10.1. The lowest BCUT2D eigenvalue weighted by molar-refractivity contribution is -0.121. The Kier molecular flexibility index (Phi) is 5.03. The summed E-state index contributed by atoms with van der Waals surface area (Å²) in [6.45, 7) is 4.58. The minimum absolute atomic E-state index is 0.0191. The number of fused-ring (bicyclic) bond motifs is 1. The number of anilines is 1. The second-order valence-electron chi connectivity index (χ2n) is 6.09. The van der Waals surface area contributed by atoms with Crippen molar-refractivity contribution in [3.63, 3.8) is 0 Å². The first kappa shape index (κ1) is 17.0. The van der Waals surface area contributed by atoms with Crippen molar-refractivity contribution in [3.05, 3.63) is 53.6 Å². The van der Waals surface area contributed by atoms with E-state index in [4.69, 9.17) is 9.47 Å². The summed E-state index contributed by atoms with van der Waals surface area (Å²) in [5.74, 6) is 1.30. The topological polar surface area (TPSA) is 55.8 Å². The molecule has 0 aliphatic carbocycles. The normalized spacial score (nSPS) is 13.2. The van der Waals surface area contributed by atoms with Gasteiger partial charge in [-0.1, -0.05) is 17.7 Å². The van der Waals surface area contributed by atoms with Crippen molar-refractivity contribution < 1.29 is 19.1 Å². The fraction of sp³-hybridized carbons (Fsp3) is 0.300. The molecular formula is C20H21NO4. The predicted octanol–water partition coefficient (Wildman–Crippen LogP) is 3.39. The number of nitrogens with zero attached hydrogens (tertiary/aromatic N) is 1. The molecule has 5 nitrogen and oxygen atoms in total. The molecule has 0 spiro atoms. The summed E-state index contributed by atoms with van der Waals surface area (Å²) < 4.78 is 11.2. The quantitative estimate of drug-likeness (QED) is 0.598. The molecule has 3 rings (SSSR count). The third-order valence-electron chi connectivity index (χ3n) is 4.12. The molecule has 0 radical (unpaired) electrons. The van der Waals surface area contributed by atoms with Crippen LogP contribution in [0.25, 0.3) is 0 Å². The van der Waals surface area contributed by atoms with Crippen LogP contribution >= 0.6 is 0 Å². The van der Waals surface area contributed by atoms with Gasteiger partial charge in [0.05, 0.1) is 12.3 Å². The second-order valence-corrected chi connectivity index (χ2v) is 6.09. The number of aryl methyl sites for hydroxylation is 1. The lowest BCUT2D eigenvalue weighted by Crippen LogP contribution is -2.40. The van der Waals surface area contributed by atoms with E-state index in [0.29, 0.717) is 36.6 Å². The van der Waals surface area contributed by atoms with Gasteiger partial charge < -0.3 is 14.4 Å². The van der Waals surface area contributed by atoms with Crippen LogP contribution in [0, 0.1) is 6.92 Å². The number of rotatable bonds is 6. The average molecular weight is 339 g/mol. The van der Waals surface area contributed by atoms with E-state index in [0.717, 1.165) is 5.75 Å². The van der Waals surface area contributed by atoms with Gasteiger partial charge in [-0.3, -0.25) is 9.59 Å². The third-order valence-corrected chi connectivity index (χ3v) is 4.12. The van der Waals surface area contributed by atoms with E-state index < -0.39 is 0 Å². The molecule has 5 heteroatoms. The molecule has 25 heavy (non-hydrogen) atoms. The molecule has 0 N–H and O–H groups in total. The summed E-state index contributed by atoms with van der Waals surface area (Å²) in [5, 5.41) is 0. The minimum atomic E-state index is -0.108. The van der Waals surface area contributed by atoms with E-state index in [2.05, 4.69) is 0 Å². The first-order valence-corrected chi connectivity index (χ1v) is 8.32. The Morgan fingerprint density at radius 1 is 1.20 bits per heavy atom. The highest BCUT2D eigenvalue weighted by atomic mass is 16.5. The van der Waals surface area contributed by atoms with Crippen molar-refractivity contribution in [2.45, 2.75) is 20.3 Å². The third kappa shape index (κ3) is 3.99. The summed E-state index contributed by atoms with van der Waals surface area (Å²) in [6.07, 6.45) is 0.684. The molecule has 0 saturated carbocycles. The smallest absolute Gasteiger partial charge is 0.265 e. The number of Topliss-reactive ketones (excluding diaryl/α,β-unsaturated/α-hetero) is 1. The molecule has 0 atom stereocenters. The first-order chi connectivity index (χ1) is 12.0. The van der Waals surface area contributed by atoms with Crippen LogP contribution in [0.2, 0.25) is 0 Å². The molecule has 0 aromatic heterocycles. The Morgan fingerprint density at radius 2 is 1.96 bits per heavy atom. The number of ether oxygens (including phenoxy) is 2. The van der Waals surface area contributed by atoms with Crippen LogP contribution in [0.5, 0.6) is 11.5 Å². The predicted molar refractivity (Wildman–Crippen MR) is 95.6 cm³/mol. The molecule has 2 aromatic rings. The second kappa shape index (κ2) is 7.38. The van der Waals surface area contributed by atoms with Gasteiger partial charge in [0, 0.05) is 12.1 Å². The highest BCUT2D eigenvalue weighted by Gasteiger charge is 2.25. The molecular weight excluding hydrogens is 318 g/mol. The van der Waals surface area contributed by atoms with Crippen LogP contribution in [0.3, 0.4) is 0 Å². The van der Waals surface area contributed by atoms with Crippen molar-refractivity contribution in [3.8, 4) is 11.5 Å². The van der Waals surface area contributed by atoms with E-state index >= 15 is 0 Å². The fourth-order valence-electron chi connectivity index (χ4n) is 2.71. The maximum absolute atomic E-state index is 12.2. The van der Waals surface area contributed by atoms with Crippen LogP contribution in [0.4, 0.5) is 5.69 Å². The molecule has 1 aliphatic heterocycles. The summed E-state index contributed by atoms with van der Waals surface area (Å²) >= 11 is 0. The first-order valence-electron chi connectivity index (χ1n) is 8.32. The monoisotopic (exact) mass is 339 g/mol. The van der Waals surface area contributed by atoms with E-state index in [1.165, 1.54) is 12.5 Å². The number of ketones is 1. The summed E-state index contributed by atoms with van der Waals surface area (Å²) in [6, 6.07) is 13.0. The van der Waals surface area contributed by atoms with Crippen molar-refractivity contribution in [1.29, 1.82) is 0 Å². The zero-order chi connectivity index (χ0) is 17.8. The SMILES string of the molecule is CC(=O)c1ccc2c(c1)N(CCCOc1ccc(C)cc1)C(=O)CO2. The van der Waals surface area contributed by atoms with Crippen LogP contribution in [0.1, 0.15) is 29.3 Å². The molecule has 0 saturated heterocycles. The van der Waals surface area contributed by atoms with Crippen molar-refractivity contribution >= 4 is 17.4 Å². The zero-order valence-electron chi connectivity index (χ0n) is 14.5. The van der Waals surface area contributed by atoms with E-state index in [1.807, 2.05) is 31.2 Å². The maximum atomic E-state index is 12.2. The van der Waals surface area contributed by atoms with Crippen LogP contribution in [-0.2, 0) is 4.79 Å². The van der Waals surface area contributed by atoms with Gasteiger partial charge >= 0.3 is 0 Å². The molecule has 1 heterocycles. The highest BCUT2D eigenvalue weighted by Crippen LogP contribution is 2.33. The Morgan fingerprint density at radius 3 is 2.68 bits per heavy atom. The van der Waals surface area contributed by atoms with Crippen LogP contribution < -0.4 is 14.4 Å². The van der Waals surface area contributed by atoms with Gasteiger partial charge in [-0.2, -0.15) is 0 Å². The minimum Gasteiger partial charge on any atom is -0.494 e. The Hall–Kier alpha value is -2.82. The maximum Gasteiger partial charge on any atom is 0.265 e. The molecule has 0 unspecified atom stereocenters. The van der Waals surface area contributed by atoms with Gasteiger partial charge in [0.2, 0.25) is 0 Å². The van der Waals surface area contributed by atoms with E-state index in [-0.39, 0.29) is 18.3 Å². The van der Waals surface area contributed by atoms with E-state index in [1.54, 1.807) is 23.1 Å². The van der Waals surface area contributed by atoms with Crippen LogP contribution in [-0.4, -0.2) is 31.4 Å². The number of carbonyl (C=O) groups is 2. The number of hydrogen-bond donors (Lipinski definition) is 0. The van der Waals surface area contributed by atoms with Crippen molar-refractivity contribution in [2.24, 2.45) is 0 Å². The van der Waals surface area contributed by atoms with Gasteiger partial charge in [0.1, 0.15) is 11.5 Å². The highest BCUT2D eigenvalue weighted by molar-refractivity contribution is 6.01. The van der Waals surface area contributed by atoms with Gasteiger partial charge in [0.25, 0.3) is 5.91 Å². The Labute approximate surface area is 147 Å². The summed E-state index contributed by atoms with van der Waals surface area (Å²) in [4.78, 5) is 25.5. The molecule has 1 aliphatic rings. The van der Waals surface area contributed by atoms with Crippen molar-refractivity contribution in [1.82, 2.24) is 0 Å². The average Bonchev–Trinajstić information content (AvgIpc) is 2.61. The van der Waals surface area contributed by atoms with Gasteiger partial charge in [-0.05, 0) is 50.6 Å².